The van der Waals surface area contributed by atoms with Crippen molar-refractivity contribution in [3.8, 4) is 11.5 Å². The SMILES string of the molecule is COc1ccc(NC2CCNCC2)cc1O. The first-order valence-electron chi connectivity index (χ1n) is 5.64. The number of aromatic hydroxyl groups is 1. The van der Waals surface area contributed by atoms with Gasteiger partial charge in [-0.25, -0.2) is 0 Å². The van der Waals surface area contributed by atoms with E-state index in [1.54, 1.807) is 19.2 Å². The summed E-state index contributed by atoms with van der Waals surface area (Å²) in [7, 11) is 1.55. The summed E-state index contributed by atoms with van der Waals surface area (Å²) in [5.74, 6) is 0.692. The second kappa shape index (κ2) is 5.07. The molecule has 0 aromatic heterocycles. The van der Waals surface area contributed by atoms with Crippen molar-refractivity contribution in [3.05, 3.63) is 18.2 Å². The molecule has 0 aliphatic carbocycles. The first kappa shape index (κ1) is 11.1. The Kier molecular flexibility index (Phi) is 3.51. The Morgan fingerprint density at radius 1 is 1.38 bits per heavy atom. The molecule has 0 bridgehead atoms. The van der Waals surface area contributed by atoms with Crippen molar-refractivity contribution < 1.29 is 9.84 Å². The predicted molar refractivity (Wildman–Crippen MR) is 64.2 cm³/mol. The third kappa shape index (κ3) is 2.58. The maximum Gasteiger partial charge on any atom is 0.160 e. The lowest BCUT2D eigenvalue weighted by molar-refractivity contribution is 0.373. The molecule has 0 saturated carbocycles. The number of nitrogens with one attached hydrogen (secondary N) is 2. The van der Waals surface area contributed by atoms with E-state index in [9.17, 15) is 5.11 Å². The van der Waals surface area contributed by atoms with Crippen LogP contribution >= 0.6 is 0 Å². The summed E-state index contributed by atoms with van der Waals surface area (Å²) in [5, 5.41) is 16.4. The molecule has 2 rings (SSSR count). The average molecular weight is 222 g/mol. The summed E-state index contributed by atoms with van der Waals surface area (Å²) in [5.41, 5.74) is 0.949. The number of ether oxygens (including phenoxy) is 1. The van der Waals surface area contributed by atoms with E-state index in [4.69, 9.17) is 4.74 Å². The van der Waals surface area contributed by atoms with Crippen LogP contribution in [0.1, 0.15) is 12.8 Å². The highest BCUT2D eigenvalue weighted by Crippen LogP contribution is 2.29. The Hall–Kier alpha value is -1.42. The van der Waals surface area contributed by atoms with Gasteiger partial charge in [0.25, 0.3) is 0 Å². The molecule has 4 nitrogen and oxygen atoms in total. The molecule has 0 atom stereocenters. The standard InChI is InChI=1S/C12H18N2O2/c1-16-12-3-2-10(8-11(12)15)14-9-4-6-13-7-5-9/h2-3,8-9,13-15H,4-7H2,1H3. The minimum Gasteiger partial charge on any atom is -0.504 e. The van der Waals surface area contributed by atoms with Crippen LogP contribution in [0.4, 0.5) is 5.69 Å². The highest BCUT2D eigenvalue weighted by Gasteiger charge is 2.13. The molecule has 1 fully saturated rings. The summed E-state index contributed by atoms with van der Waals surface area (Å²) < 4.78 is 5.00. The van der Waals surface area contributed by atoms with Crippen molar-refractivity contribution in [1.29, 1.82) is 0 Å². The van der Waals surface area contributed by atoms with Crippen LogP contribution < -0.4 is 15.4 Å². The molecule has 1 saturated heterocycles. The molecule has 0 radical (unpaired) electrons. The van der Waals surface area contributed by atoms with E-state index < -0.39 is 0 Å². The maximum atomic E-state index is 9.64. The van der Waals surface area contributed by atoms with Crippen LogP contribution in [0.15, 0.2) is 18.2 Å². The third-order valence-electron chi connectivity index (χ3n) is 2.89. The van der Waals surface area contributed by atoms with E-state index >= 15 is 0 Å². The van der Waals surface area contributed by atoms with Crippen LogP contribution in [0.3, 0.4) is 0 Å². The molecule has 0 amide bonds. The zero-order valence-electron chi connectivity index (χ0n) is 9.49. The minimum absolute atomic E-state index is 0.182. The van der Waals surface area contributed by atoms with Gasteiger partial charge in [-0.15, -0.1) is 0 Å². The first-order valence-corrected chi connectivity index (χ1v) is 5.64. The van der Waals surface area contributed by atoms with E-state index in [0.29, 0.717) is 11.8 Å². The topological polar surface area (TPSA) is 53.5 Å². The van der Waals surface area contributed by atoms with Gasteiger partial charge < -0.3 is 20.5 Å². The Morgan fingerprint density at radius 2 is 2.12 bits per heavy atom. The van der Waals surface area contributed by atoms with Crippen LogP contribution in [-0.2, 0) is 0 Å². The van der Waals surface area contributed by atoms with Crippen LogP contribution in [0, 0.1) is 0 Å². The fraction of sp³-hybridized carbons (Fsp3) is 0.500. The molecule has 1 aliphatic rings. The lowest BCUT2D eigenvalue weighted by Gasteiger charge is -2.24. The van der Waals surface area contributed by atoms with Crippen molar-refractivity contribution in [2.45, 2.75) is 18.9 Å². The van der Waals surface area contributed by atoms with E-state index in [1.807, 2.05) is 6.07 Å². The summed E-state index contributed by atoms with van der Waals surface area (Å²) in [6.07, 6.45) is 2.24. The molecule has 1 aromatic rings. The van der Waals surface area contributed by atoms with E-state index in [-0.39, 0.29) is 5.75 Å². The summed E-state index contributed by atoms with van der Waals surface area (Å²) in [6, 6.07) is 5.91. The molecule has 0 unspecified atom stereocenters. The van der Waals surface area contributed by atoms with Gasteiger partial charge in [0, 0.05) is 17.8 Å². The third-order valence-corrected chi connectivity index (χ3v) is 2.89. The number of phenols is 1. The number of hydrogen-bond donors (Lipinski definition) is 3. The van der Waals surface area contributed by atoms with Crippen LogP contribution in [0.5, 0.6) is 11.5 Å². The number of rotatable bonds is 3. The molecule has 4 heteroatoms. The van der Waals surface area contributed by atoms with E-state index in [0.717, 1.165) is 31.6 Å². The molecule has 16 heavy (non-hydrogen) atoms. The zero-order chi connectivity index (χ0) is 11.4. The molecule has 0 spiro atoms. The van der Waals surface area contributed by atoms with Crippen molar-refractivity contribution in [2.24, 2.45) is 0 Å². The molecule has 3 N–H and O–H groups in total. The monoisotopic (exact) mass is 222 g/mol. The van der Waals surface area contributed by atoms with E-state index in [2.05, 4.69) is 10.6 Å². The normalized spacial score (nSPS) is 17.1. The first-order chi connectivity index (χ1) is 7.79. The van der Waals surface area contributed by atoms with Crippen LogP contribution in [0.25, 0.3) is 0 Å². The second-order valence-electron chi connectivity index (χ2n) is 4.06. The quantitative estimate of drug-likeness (QED) is 0.726. The maximum absolute atomic E-state index is 9.64. The Bertz CT molecular complexity index is 349. The summed E-state index contributed by atoms with van der Waals surface area (Å²) >= 11 is 0. The number of benzene rings is 1. The highest BCUT2D eigenvalue weighted by atomic mass is 16.5. The predicted octanol–water partition coefficient (Wildman–Crippen LogP) is 1.56. The van der Waals surface area contributed by atoms with Crippen molar-refractivity contribution >= 4 is 5.69 Å². The molecular formula is C12H18N2O2. The molecule has 1 heterocycles. The van der Waals surface area contributed by atoms with E-state index in [1.165, 1.54) is 0 Å². The van der Waals surface area contributed by atoms with Gasteiger partial charge in [0.2, 0.25) is 0 Å². The Labute approximate surface area is 95.6 Å². The average Bonchev–Trinajstić information content (AvgIpc) is 2.31. The fourth-order valence-corrected chi connectivity index (χ4v) is 1.98. The highest BCUT2D eigenvalue weighted by molar-refractivity contribution is 5.54. The number of anilines is 1. The second-order valence-corrected chi connectivity index (χ2v) is 4.06. The smallest absolute Gasteiger partial charge is 0.160 e. The Morgan fingerprint density at radius 3 is 2.75 bits per heavy atom. The molecular weight excluding hydrogens is 204 g/mol. The zero-order valence-corrected chi connectivity index (χ0v) is 9.49. The number of phenolic OH excluding ortho intramolecular Hbond substituents is 1. The summed E-state index contributed by atoms with van der Waals surface area (Å²) in [4.78, 5) is 0. The van der Waals surface area contributed by atoms with Crippen molar-refractivity contribution in [2.75, 3.05) is 25.5 Å². The molecule has 88 valence electrons. The van der Waals surface area contributed by atoms with Crippen LogP contribution in [-0.4, -0.2) is 31.3 Å². The van der Waals surface area contributed by atoms with Gasteiger partial charge in [-0.3, -0.25) is 0 Å². The fourth-order valence-electron chi connectivity index (χ4n) is 1.98. The van der Waals surface area contributed by atoms with Gasteiger partial charge >= 0.3 is 0 Å². The van der Waals surface area contributed by atoms with Gasteiger partial charge in [-0.1, -0.05) is 0 Å². The van der Waals surface area contributed by atoms with Gasteiger partial charge in [0.05, 0.1) is 7.11 Å². The Balaban J connectivity index is 2.01. The van der Waals surface area contributed by atoms with Gasteiger partial charge in [0.1, 0.15) is 0 Å². The van der Waals surface area contributed by atoms with Gasteiger partial charge in [-0.2, -0.15) is 0 Å². The van der Waals surface area contributed by atoms with Gasteiger partial charge in [0.15, 0.2) is 11.5 Å². The minimum atomic E-state index is 0.182. The number of hydrogen-bond acceptors (Lipinski definition) is 4. The largest absolute Gasteiger partial charge is 0.504 e. The van der Waals surface area contributed by atoms with Crippen molar-refractivity contribution in [3.63, 3.8) is 0 Å². The molecule has 1 aromatic carbocycles. The van der Waals surface area contributed by atoms with Crippen molar-refractivity contribution in [1.82, 2.24) is 5.32 Å². The number of methoxy groups -OCH3 is 1. The summed E-state index contributed by atoms with van der Waals surface area (Å²) in [6.45, 7) is 2.11. The lowest BCUT2D eigenvalue weighted by atomic mass is 10.1. The lowest BCUT2D eigenvalue weighted by Crippen LogP contribution is -2.35. The van der Waals surface area contributed by atoms with Crippen LogP contribution in [0.2, 0.25) is 0 Å². The number of piperidine rings is 1. The molecule has 1 aliphatic heterocycles. The van der Waals surface area contributed by atoms with Gasteiger partial charge in [-0.05, 0) is 38.1 Å².